The predicted molar refractivity (Wildman–Crippen MR) is 99.0 cm³/mol. The van der Waals surface area contributed by atoms with Crippen LogP contribution in [0.15, 0.2) is 59.4 Å². The molecule has 25 heavy (non-hydrogen) atoms. The van der Waals surface area contributed by atoms with Crippen LogP contribution in [-0.2, 0) is 0 Å². The fourth-order valence-electron chi connectivity index (χ4n) is 3.28. The number of allylic oxidation sites excluding steroid dienone is 3. The summed E-state index contributed by atoms with van der Waals surface area (Å²) in [7, 11) is 0. The van der Waals surface area contributed by atoms with Crippen molar-refractivity contribution in [1.82, 2.24) is 15.1 Å². The van der Waals surface area contributed by atoms with Crippen molar-refractivity contribution in [2.75, 3.05) is 0 Å². The second-order valence-corrected chi connectivity index (χ2v) is 6.76. The van der Waals surface area contributed by atoms with Crippen LogP contribution < -0.4 is 5.32 Å². The van der Waals surface area contributed by atoms with Crippen LogP contribution in [0.5, 0.6) is 0 Å². The van der Waals surface area contributed by atoms with E-state index in [1.165, 1.54) is 0 Å². The van der Waals surface area contributed by atoms with E-state index in [0.717, 1.165) is 22.5 Å². The van der Waals surface area contributed by atoms with Crippen LogP contribution in [0.2, 0.25) is 5.02 Å². The highest BCUT2D eigenvalue weighted by molar-refractivity contribution is 6.32. The zero-order valence-corrected chi connectivity index (χ0v) is 14.7. The van der Waals surface area contributed by atoms with Crippen LogP contribution in [0, 0.1) is 0 Å². The molecule has 0 bridgehead atoms. The molecule has 0 saturated carbocycles. The lowest BCUT2D eigenvalue weighted by atomic mass is 9.88. The first-order valence-corrected chi connectivity index (χ1v) is 8.55. The summed E-state index contributed by atoms with van der Waals surface area (Å²) in [5.41, 5.74) is 4.46. The molecule has 0 fully saturated rings. The smallest absolute Gasteiger partial charge is 0.304 e. The third kappa shape index (κ3) is 2.70. The minimum Gasteiger partial charge on any atom is -0.304 e. The molecule has 2 aliphatic rings. The van der Waals surface area contributed by atoms with Gasteiger partial charge in [0.05, 0.1) is 17.1 Å². The summed E-state index contributed by atoms with van der Waals surface area (Å²) in [6.07, 6.45) is 7.68. The number of aromatic nitrogens is 2. The number of hydrogen-bond donors (Lipinski definition) is 1. The Hall–Kier alpha value is -2.66. The van der Waals surface area contributed by atoms with Crippen molar-refractivity contribution in [2.24, 2.45) is 4.99 Å². The molecule has 126 valence electrons. The zero-order valence-electron chi connectivity index (χ0n) is 13.9. The number of fused-ring (bicyclic) bond motifs is 1. The maximum absolute atomic E-state index is 11.5. The van der Waals surface area contributed by atoms with Gasteiger partial charge < -0.3 is 5.32 Å². The molecular formula is C19H17ClN4O. The lowest BCUT2D eigenvalue weighted by Crippen LogP contribution is -2.17. The number of carbonyl (C=O) groups excluding carboxylic acids is 1. The molecule has 1 aliphatic carbocycles. The number of halogens is 1. The third-order valence-electron chi connectivity index (χ3n) is 4.37. The van der Waals surface area contributed by atoms with Crippen LogP contribution in [-0.4, -0.2) is 21.5 Å². The number of rotatable bonds is 3. The van der Waals surface area contributed by atoms with Gasteiger partial charge in [-0.25, -0.2) is 4.79 Å². The van der Waals surface area contributed by atoms with Crippen molar-refractivity contribution in [1.29, 1.82) is 0 Å². The van der Waals surface area contributed by atoms with E-state index in [1.54, 1.807) is 6.20 Å². The summed E-state index contributed by atoms with van der Waals surface area (Å²) in [6.45, 7) is 4.19. The normalized spacial score (nSPS) is 18.9. The van der Waals surface area contributed by atoms with Crippen molar-refractivity contribution in [3.05, 3.63) is 65.0 Å². The van der Waals surface area contributed by atoms with E-state index in [0.29, 0.717) is 10.7 Å². The van der Waals surface area contributed by atoms with Gasteiger partial charge in [0, 0.05) is 28.7 Å². The highest BCUT2D eigenvalue weighted by Crippen LogP contribution is 2.38. The standard InChI is InChI=1S/C19H17ClN4O/c1-11(2)24-17(8-9-21-24)13-4-3-5-14(20)18(13)12-6-7-15-16(10-12)23-19(25)22-15/h3-12H,1-2H3,(H,23,25). The predicted octanol–water partition coefficient (Wildman–Crippen LogP) is 4.49. The van der Waals surface area contributed by atoms with Gasteiger partial charge in [-0.2, -0.15) is 10.1 Å². The van der Waals surface area contributed by atoms with Gasteiger partial charge >= 0.3 is 6.03 Å². The summed E-state index contributed by atoms with van der Waals surface area (Å²) in [5, 5.41) is 7.89. The number of benzene rings is 1. The number of urea groups is 1. The number of hydrogen-bond acceptors (Lipinski definition) is 2. The third-order valence-corrected chi connectivity index (χ3v) is 4.70. The summed E-state index contributed by atoms with van der Waals surface area (Å²) in [5.74, 6) is -0.0495. The Morgan fingerprint density at radius 1 is 1.28 bits per heavy atom. The van der Waals surface area contributed by atoms with Gasteiger partial charge in [-0.3, -0.25) is 4.68 Å². The topological polar surface area (TPSA) is 59.3 Å². The molecule has 1 aliphatic heterocycles. The van der Waals surface area contributed by atoms with Crippen LogP contribution >= 0.6 is 11.6 Å². The summed E-state index contributed by atoms with van der Waals surface area (Å²) in [6, 6.07) is 7.80. The molecule has 2 amide bonds. The summed E-state index contributed by atoms with van der Waals surface area (Å²) in [4.78, 5) is 15.4. The molecule has 6 heteroatoms. The van der Waals surface area contributed by atoms with Gasteiger partial charge in [0.2, 0.25) is 0 Å². The first-order valence-electron chi connectivity index (χ1n) is 8.17. The molecule has 0 spiro atoms. The largest absolute Gasteiger partial charge is 0.346 e. The Kier molecular flexibility index (Phi) is 3.81. The fraction of sp³-hybridized carbons (Fsp3) is 0.211. The van der Waals surface area contributed by atoms with Crippen molar-refractivity contribution in [2.45, 2.75) is 25.8 Å². The Balaban J connectivity index is 1.84. The van der Waals surface area contributed by atoms with Crippen molar-refractivity contribution in [3.8, 4) is 11.3 Å². The van der Waals surface area contributed by atoms with Gasteiger partial charge in [-0.05, 0) is 43.7 Å². The van der Waals surface area contributed by atoms with Gasteiger partial charge in [0.1, 0.15) is 0 Å². The molecule has 1 N–H and O–H groups in total. The van der Waals surface area contributed by atoms with E-state index in [9.17, 15) is 4.79 Å². The number of aliphatic imine (C=N–C) groups is 1. The van der Waals surface area contributed by atoms with Crippen molar-refractivity contribution < 1.29 is 4.79 Å². The Morgan fingerprint density at radius 3 is 2.92 bits per heavy atom. The lowest BCUT2D eigenvalue weighted by Gasteiger charge is -2.21. The molecule has 0 radical (unpaired) electrons. The van der Waals surface area contributed by atoms with E-state index in [2.05, 4.69) is 35.3 Å². The molecule has 1 aromatic carbocycles. The first kappa shape index (κ1) is 15.8. The monoisotopic (exact) mass is 352 g/mol. The highest BCUT2D eigenvalue weighted by Gasteiger charge is 2.26. The van der Waals surface area contributed by atoms with E-state index in [1.807, 2.05) is 41.1 Å². The Morgan fingerprint density at radius 2 is 2.12 bits per heavy atom. The number of carbonyl (C=O) groups is 1. The molecule has 1 unspecified atom stereocenters. The highest BCUT2D eigenvalue weighted by atomic mass is 35.5. The van der Waals surface area contributed by atoms with Gasteiger partial charge in [0.15, 0.2) is 0 Å². The van der Waals surface area contributed by atoms with E-state index in [-0.39, 0.29) is 18.0 Å². The maximum Gasteiger partial charge on any atom is 0.346 e. The van der Waals surface area contributed by atoms with Gasteiger partial charge in [-0.1, -0.05) is 29.8 Å². The van der Waals surface area contributed by atoms with E-state index >= 15 is 0 Å². The second-order valence-electron chi connectivity index (χ2n) is 6.35. The molecule has 5 nitrogen and oxygen atoms in total. The van der Waals surface area contributed by atoms with Gasteiger partial charge in [0.25, 0.3) is 0 Å². The second kappa shape index (κ2) is 6.01. The number of nitrogens with zero attached hydrogens (tertiary/aromatic N) is 3. The fourth-order valence-corrected chi connectivity index (χ4v) is 3.58. The zero-order chi connectivity index (χ0) is 17.6. The minimum atomic E-state index is -0.330. The summed E-state index contributed by atoms with van der Waals surface area (Å²) >= 11 is 6.57. The lowest BCUT2D eigenvalue weighted by molar-refractivity contribution is 0.253. The molecular weight excluding hydrogens is 336 g/mol. The molecule has 4 rings (SSSR count). The average Bonchev–Trinajstić information content (AvgIpc) is 3.19. The van der Waals surface area contributed by atoms with Crippen LogP contribution in [0.25, 0.3) is 11.3 Å². The van der Waals surface area contributed by atoms with E-state index < -0.39 is 0 Å². The molecule has 1 aromatic heterocycles. The van der Waals surface area contributed by atoms with E-state index in [4.69, 9.17) is 11.6 Å². The first-order chi connectivity index (χ1) is 12.0. The maximum atomic E-state index is 11.5. The molecule has 1 atom stereocenters. The average molecular weight is 353 g/mol. The summed E-state index contributed by atoms with van der Waals surface area (Å²) < 4.78 is 1.99. The van der Waals surface area contributed by atoms with Gasteiger partial charge in [-0.15, -0.1) is 0 Å². The number of amides is 2. The van der Waals surface area contributed by atoms with Crippen molar-refractivity contribution in [3.63, 3.8) is 0 Å². The van der Waals surface area contributed by atoms with Crippen LogP contribution in [0.3, 0.4) is 0 Å². The van der Waals surface area contributed by atoms with Crippen molar-refractivity contribution >= 4 is 23.3 Å². The Labute approximate surface area is 150 Å². The molecule has 0 saturated heterocycles. The minimum absolute atomic E-state index is 0.0495. The molecule has 2 aromatic rings. The molecule has 2 heterocycles. The Bertz CT molecular complexity index is 952. The van der Waals surface area contributed by atoms with Crippen LogP contribution in [0.4, 0.5) is 4.79 Å². The number of nitrogens with one attached hydrogen (secondary N) is 1. The van der Waals surface area contributed by atoms with Crippen LogP contribution in [0.1, 0.15) is 31.4 Å². The SMILES string of the molecule is CC(C)n1nccc1-c1cccc(Cl)c1C1C=CC2=NC(=O)NC2=C1. The quantitative estimate of drug-likeness (QED) is 0.884.